The number of alkyl halides is 2. The predicted molar refractivity (Wildman–Crippen MR) is 69.1 cm³/mol. The fraction of sp³-hybridized carbons (Fsp3) is 0.500. The second-order valence-electron chi connectivity index (χ2n) is 5.42. The monoisotopic (exact) mass is 289 g/mol. The van der Waals surface area contributed by atoms with Crippen LogP contribution < -0.4 is 5.32 Å². The van der Waals surface area contributed by atoms with E-state index in [0.717, 1.165) is 6.07 Å². The molecular weight excluding hydrogens is 271 g/mol. The summed E-state index contributed by atoms with van der Waals surface area (Å²) in [6.45, 7) is 6.57. The van der Waals surface area contributed by atoms with Crippen LogP contribution in [0, 0.1) is 5.82 Å². The molecule has 0 aliphatic rings. The average Bonchev–Trinajstić information content (AvgIpc) is 2.25. The molecule has 0 saturated heterocycles. The van der Waals surface area contributed by atoms with Crippen LogP contribution in [0.5, 0.6) is 0 Å². The first-order chi connectivity index (χ1) is 9.11. The van der Waals surface area contributed by atoms with Gasteiger partial charge in [-0.1, -0.05) is 18.2 Å². The summed E-state index contributed by atoms with van der Waals surface area (Å²) in [6, 6.07) is 2.92. The van der Waals surface area contributed by atoms with Gasteiger partial charge in [0.05, 0.1) is 11.6 Å². The summed E-state index contributed by atoms with van der Waals surface area (Å²) in [4.78, 5) is 11.6. The second-order valence-corrected chi connectivity index (χ2v) is 5.42. The molecule has 112 valence electrons. The predicted octanol–water partition coefficient (Wildman–Crippen LogP) is 4.35. The van der Waals surface area contributed by atoms with Crippen LogP contribution in [0.2, 0.25) is 0 Å². The Morgan fingerprint density at radius 2 is 1.80 bits per heavy atom. The molecule has 0 aliphatic carbocycles. The van der Waals surface area contributed by atoms with Gasteiger partial charge in [-0.25, -0.2) is 18.0 Å². The zero-order valence-corrected chi connectivity index (χ0v) is 11.8. The number of hydrogen-bond acceptors (Lipinski definition) is 2. The zero-order chi connectivity index (χ0) is 15.5. The van der Waals surface area contributed by atoms with Crippen LogP contribution in [-0.2, 0) is 4.74 Å². The Balaban J connectivity index is 2.85. The van der Waals surface area contributed by atoms with Crippen molar-refractivity contribution in [3.63, 3.8) is 0 Å². The third kappa shape index (κ3) is 4.43. The number of carbonyl (C=O) groups is 1. The van der Waals surface area contributed by atoms with Gasteiger partial charge in [-0.3, -0.25) is 0 Å². The zero-order valence-electron chi connectivity index (χ0n) is 11.8. The molecule has 0 unspecified atom stereocenters. The van der Waals surface area contributed by atoms with Crippen molar-refractivity contribution in [3.05, 3.63) is 35.1 Å². The number of halogens is 3. The number of benzene rings is 1. The van der Waals surface area contributed by atoms with Gasteiger partial charge in [-0.2, -0.15) is 0 Å². The lowest BCUT2D eigenvalue weighted by atomic mass is 10.0. The van der Waals surface area contributed by atoms with Gasteiger partial charge in [0.15, 0.2) is 0 Å². The summed E-state index contributed by atoms with van der Waals surface area (Å²) in [5, 5.41) is 2.41. The molecule has 0 saturated carbocycles. The standard InChI is InChI=1S/C14H18F3NO2/c1-8(18-13(19)20-14(2,3)4)9-6-5-7-10(11(9)15)12(16)17/h5-8,12H,1-4H3,(H,18,19)/t8-/m1/s1. The minimum atomic E-state index is -2.90. The van der Waals surface area contributed by atoms with Crippen LogP contribution in [-0.4, -0.2) is 11.7 Å². The number of ether oxygens (including phenoxy) is 1. The summed E-state index contributed by atoms with van der Waals surface area (Å²) in [6.07, 6.45) is -3.63. The summed E-state index contributed by atoms with van der Waals surface area (Å²) < 4.78 is 44.1. The summed E-state index contributed by atoms with van der Waals surface area (Å²) in [5.74, 6) is -1.01. The highest BCUT2D eigenvalue weighted by Crippen LogP contribution is 2.27. The van der Waals surface area contributed by atoms with E-state index < -0.39 is 35.5 Å². The van der Waals surface area contributed by atoms with Crippen LogP contribution in [0.4, 0.5) is 18.0 Å². The molecule has 1 N–H and O–H groups in total. The van der Waals surface area contributed by atoms with E-state index in [1.807, 2.05) is 0 Å². The molecule has 1 atom stereocenters. The molecule has 20 heavy (non-hydrogen) atoms. The maximum Gasteiger partial charge on any atom is 0.408 e. The largest absolute Gasteiger partial charge is 0.444 e. The Bertz CT molecular complexity index is 484. The molecule has 1 rings (SSSR count). The minimum absolute atomic E-state index is 0.00587. The molecule has 1 aromatic carbocycles. The van der Waals surface area contributed by atoms with E-state index >= 15 is 0 Å². The normalized spacial score (nSPS) is 13.2. The molecule has 0 fully saturated rings. The first kappa shape index (κ1) is 16.3. The highest BCUT2D eigenvalue weighted by Gasteiger charge is 2.22. The second kappa shape index (κ2) is 6.15. The Morgan fingerprint density at radius 3 is 2.30 bits per heavy atom. The number of hydrogen-bond donors (Lipinski definition) is 1. The molecule has 0 aliphatic heterocycles. The Hall–Kier alpha value is -1.72. The van der Waals surface area contributed by atoms with E-state index in [1.165, 1.54) is 19.1 Å². The number of carbonyl (C=O) groups excluding carboxylic acids is 1. The maximum absolute atomic E-state index is 13.9. The van der Waals surface area contributed by atoms with Gasteiger partial charge >= 0.3 is 6.09 Å². The van der Waals surface area contributed by atoms with Crippen LogP contribution in [0.15, 0.2) is 18.2 Å². The van der Waals surface area contributed by atoms with Crippen LogP contribution >= 0.6 is 0 Å². The van der Waals surface area contributed by atoms with E-state index in [1.54, 1.807) is 20.8 Å². The fourth-order valence-electron chi connectivity index (χ4n) is 1.63. The lowest BCUT2D eigenvalue weighted by Crippen LogP contribution is -2.34. The summed E-state index contributed by atoms with van der Waals surface area (Å²) in [5.41, 5.74) is -1.37. The molecule has 6 heteroatoms. The van der Waals surface area contributed by atoms with Crippen molar-refractivity contribution in [2.75, 3.05) is 0 Å². The SMILES string of the molecule is C[C@@H](NC(=O)OC(C)(C)C)c1cccc(C(F)F)c1F. The van der Waals surface area contributed by atoms with Gasteiger partial charge in [0, 0.05) is 5.56 Å². The molecule has 0 spiro atoms. The lowest BCUT2D eigenvalue weighted by molar-refractivity contribution is 0.0507. The van der Waals surface area contributed by atoms with Crippen LogP contribution in [0.1, 0.15) is 51.3 Å². The Labute approximate surface area is 116 Å². The van der Waals surface area contributed by atoms with Crippen molar-refractivity contribution in [2.24, 2.45) is 0 Å². The van der Waals surface area contributed by atoms with Gasteiger partial charge < -0.3 is 10.1 Å². The van der Waals surface area contributed by atoms with Crippen molar-refractivity contribution >= 4 is 6.09 Å². The molecule has 0 bridgehead atoms. The van der Waals surface area contributed by atoms with Crippen LogP contribution in [0.25, 0.3) is 0 Å². The molecule has 1 amide bonds. The number of nitrogens with one attached hydrogen (secondary N) is 1. The Kier molecular flexibility index (Phi) is 5.03. The van der Waals surface area contributed by atoms with Crippen molar-refractivity contribution in [2.45, 2.75) is 45.8 Å². The van der Waals surface area contributed by atoms with Gasteiger partial charge in [-0.15, -0.1) is 0 Å². The van der Waals surface area contributed by atoms with E-state index in [-0.39, 0.29) is 5.56 Å². The maximum atomic E-state index is 13.9. The molecule has 0 aromatic heterocycles. The van der Waals surface area contributed by atoms with Crippen LogP contribution in [0.3, 0.4) is 0 Å². The van der Waals surface area contributed by atoms with Crippen molar-refractivity contribution in [1.29, 1.82) is 0 Å². The smallest absolute Gasteiger partial charge is 0.408 e. The molecule has 3 nitrogen and oxygen atoms in total. The van der Waals surface area contributed by atoms with E-state index in [2.05, 4.69) is 5.32 Å². The first-order valence-electron chi connectivity index (χ1n) is 6.18. The lowest BCUT2D eigenvalue weighted by Gasteiger charge is -2.22. The van der Waals surface area contributed by atoms with E-state index in [9.17, 15) is 18.0 Å². The average molecular weight is 289 g/mol. The van der Waals surface area contributed by atoms with Crippen molar-refractivity contribution < 1.29 is 22.7 Å². The van der Waals surface area contributed by atoms with Gasteiger partial charge in [-0.05, 0) is 27.7 Å². The number of rotatable bonds is 3. The van der Waals surface area contributed by atoms with Gasteiger partial charge in [0.1, 0.15) is 11.4 Å². The number of alkyl carbamates (subject to hydrolysis) is 1. The topological polar surface area (TPSA) is 38.3 Å². The van der Waals surface area contributed by atoms with Crippen molar-refractivity contribution in [1.82, 2.24) is 5.32 Å². The van der Waals surface area contributed by atoms with Crippen molar-refractivity contribution in [3.8, 4) is 0 Å². The Morgan fingerprint density at radius 1 is 1.25 bits per heavy atom. The van der Waals surface area contributed by atoms with Gasteiger partial charge in [0.25, 0.3) is 6.43 Å². The van der Waals surface area contributed by atoms with E-state index in [4.69, 9.17) is 4.74 Å². The molecule has 1 aromatic rings. The summed E-state index contributed by atoms with van der Waals surface area (Å²) >= 11 is 0. The van der Waals surface area contributed by atoms with E-state index in [0.29, 0.717) is 0 Å². The van der Waals surface area contributed by atoms with Gasteiger partial charge in [0.2, 0.25) is 0 Å². The summed E-state index contributed by atoms with van der Waals surface area (Å²) in [7, 11) is 0. The minimum Gasteiger partial charge on any atom is -0.444 e. The third-order valence-electron chi connectivity index (χ3n) is 2.49. The highest BCUT2D eigenvalue weighted by molar-refractivity contribution is 5.68. The third-order valence-corrected chi connectivity index (χ3v) is 2.49. The highest BCUT2D eigenvalue weighted by atomic mass is 19.3. The fourth-order valence-corrected chi connectivity index (χ4v) is 1.63. The molecule has 0 heterocycles. The molecule has 0 radical (unpaired) electrons. The first-order valence-corrected chi connectivity index (χ1v) is 6.18. The number of amides is 1. The quantitative estimate of drug-likeness (QED) is 0.898. The molecular formula is C14H18F3NO2.